The Hall–Kier alpha value is -2.82. The molecular weight excluding hydrogens is 410 g/mol. The third-order valence-corrected chi connectivity index (χ3v) is 7.86. The Labute approximate surface area is 173 Å². The summed E-state index contributed by atoms with van der Waals surface area (Å²) in [6.45, 7) is 1.61. The number of aryl methyl sites for hydroxylation is 1. The van der Waals surface area contributed by atoms with Crippen LogP contribution in [0.5, 0.6) is 0 Å². The number of pyridine rings is 1. The van der Waals surface area contributed by atoms with Gasteiger partial charge in [-0.2, -0.15) is 0 Å². The van der Waals surface area contributed by atoms with E-state index in [0.29, 0.717) is 16.5 Å². The quantitative estimate of drug-likeness (QED) is 0.670. The fraction of sp³-hybridized carbons (Fsp3) is 0.211. The lowest BCUT2D eigenvalue weighted by Crippen LogP contribution is -2.31. The number of sulfonamides is 1. The lowest BCUT2D eigenvalue weighted by molar-refractivity contribution is -0.377. The molecule has 2 aromatic heterocycles. The lowest BCUT2D eigenvalue weighted by Gasteiger charge is -2.15. The number of H-pyrrole nitrogens is 1. The van der Waals surface area contributed by atoms with Crippen molar-refractivity contribution in [2.75, 3.05) is 31.4 Å². The minimum Gasteiger partial charge on any atom is -0.307 e. The summed E-state index contributed by atoms with van der Waals surface area (Å²) in [6.07, 6.45) is 3.73. The first-order valence-electron chi connectivity index (χ1n) is 8.71. The molecule has 10 heteroatoms. The zero-order valence-electron chi connectivity index (χ0n) is 16.5. The van der Waals surface area contributed by atoms with Gasteiger partial charge in [-0.3, -0.25) is 4.90 Å². The molecule has 0 atom stereocenters. The van der Waals surface area contributed by atoms with Crippen LogP contribution in [0.1, 0.15) is 5.69 Å². The highest BCUT2D eigenvalue weighted by Crippen LogP contribution is 2.31. The topological polar surface area (TPSA) is 96.7 Å². The first kappa shape index (κ1) is 20.9. The van der Waals surface area contributed by atoms with Crippen molar-refractivity contribution in [3.8, 4) is 11.1 Å². The van der Waals surface area contributed by atoms with Crippen molar-refractivity contribution in [1.29, 1.82) is 0 Å². The van der Waals surface area contributed by atoms with E-state index < -0.39 is 16.1 Å². The first-order valence-corrected chi connectivity index (χ1v) is 11.0. The largest absolute Gasteiger partial charge is 0.327 e. The maximum Gasteiger partial charge on any atom is 0.327 e. The predicted molar refractivity (Wildman–Crippen MR) is 114 cm³/mol. The van der Waals surface area contributed by atoms with Gasteiger partial charge in [0.15, 0.2) is 21.7 Å². The Morgan fingerprint density at radius 3 is 2.38 bits per heavy atom. The molecule has 2 amide bonds. The first-order chi connectivity index (χ1) is 13.7. The molecule has 0 radical (unpaired) electrons. The number of aromatic amines is 1. The molecule has 2 heterocycles. The summed E-state index contributed by atoms with van der Waals surface area (Å²) < 4.78 is 26.0. The van der Waals surface area contributed by atoms with Crippen LogP contribution in [0.15, 0.2) is 53.0 Å². The third kappa shape index (κ3) is 4.44. The molecule has 3 aromatic rings. The van der Waals surface area contributed by atoms with E-state index in [1.54, 1.807) is 14.0 Å². The fourth-order valence-electron chi connectivity index (χ4n) is 2.53. The number of nitrogens with zero attached hydrogens (tertiary/aromatic N) is 3. The van der Waals surface area contributed by atoms with Gasteiger partial charge in [0.1, 0.15) is 0 Å². The molecular formula is C19H22N5O3S2+. The fourth-order valence-corrected chi connectivity index (χ4v) is 5.13. The smallest absolute Gasteiger partial charge is 0.307 e. The molecule has 0 aliphatic heterocycles. The zero-order chi connectivity index (χ0) is 21.2. The van der Waals surface area contributed by atoms with Crippen molar-refractivity contribution in [1.82, 2.24) is 9.29 Å². The maximum absolute atomic E-state index is 12.6. The van der Waals surface area contributed by atoms with Crippen molar-refractivity contribution < 1.29 is 18.2 Å². The lowest BCUT2D eigenvalue weighted by atomic mass is 10.1. The number of hydrogen-bond acceptors (Lipinski definition) is 5. The molecule has 0 saturated heterocycles. The number of hydrogen-bond donors (Lipinski definition) is 1. The molecule has 0 aliphatic carbocycles. The highest BCUT2D eigenvalue weighted by Gasteiger charge is 2.26. The second kappa shape index (κ2) is 8.27. The minimum atomic E-state index is -3.61. The van der Waals surface area contributed by atoms with E-state index >= 15 is 0 Å². The Morgan fingerprint density at radius 2 is 1.79 bits per heavy atom. The normalized spacial score (nSPS) is 11.5. The van der Waals surface area contributed by atoms with Crippen molar-refractivity contribution >= 4 is 38.2 Å². The van der Waals surface area contributed by atoms with Gasteiger partial charge in [-0.25, -0.2) is 27.5 Å². The van der Waals surface area contributed by atoms with Crippen LogP contribution in [0.3, 0.4) is 0 Å². The number of amides is 2. The van der Waals surface area contributed by atoms with Crippen LogP contribution >= 0.6 is 11.3 Å². The third-order valence-electron chi connectivity index (χ3n) is 4.23. The number of nitrogens with one attached hydrogen (secondary N) is 2. The monoisotopic (exact) mass is 432 g/mol. The summed E-state index contributed by atoms with van der Waals surface area (Å²) in [5.41, 5.74) is 3.04. The van der Waals surface area contributed by atoms with Crippen molar-refractivity contribution in [2.24, 2.45) is 0 Å². The molecule has 0 aliphatic rings. The molecule has 0 unspecified atom stereocenters. The maximum atomic E-state index is 12.6. The Bertz CT molecular complexity index is 1110. The summed E-state index contributed by atoms with van der Waals surface area (Å²) >= 11 is 0.962. The molecule has 3 rings (SSSR count). The summed E-state index contributed by atoms with van der Waals surface area (Å²) in [4.78, 5) is 21.2. The Morgan fingerprint density at radius 1 is 1.10 bits per heavy atom. The van der Waals surface area contributed by atoms with E-state index in [-0.39, 0.29) is 4.21 Å². The summed E-state index contributed by atoms with van der Waals surface area (Å²) in [5, 5.41) is 3.10. The molecule has 8 nitrogen and oxygen atoms in total. The molecule has 0 saturated carbocycles. The number of carbonyl (C=O) groups excluding carboxylic acids is 1. The van der Waals surface area contributed by atoms with E-state index in [0.717, 1.165) is 26.8 Å². The van der Waals surface area contributed by atoms with Crippen LogP contribution in [0.4, 0.5) is 15.6 Å². The van der Waals surface area contributed by atoms with Gasteiger partial charge in [0.2, 0.25) is 0 Å². The SMILES string of the molecule is Cc1nc(N(C)C(=O)Nc2ccc(-c3ccc[nH+]c3)cc2)sc1S(=O)(=O)N(C)C. The number of benzene rings is 1. The number of thiazole rings is 1. The van der Waals surface area contributed by atoms with Crippen molar-refractivity contribution in [3.05, 3.63) is 54.5 Å². The minimum absolute atomic E-state index is 0.126. The van der Waals surface area contributed by atoms with E-state index in [4.69, 9.17) is 0 Å². The number of rotatable bonds is 5. The second-order valence-electron chi connectivity index (χ2n) is 6.52. The van der Waals surface area contributed by atoms with E-state index in [1.165, 1.54) is 19.0 Å². The average Bonchev–Trinajstić information content (AvgIpc) is 3.11. The highest BCUT2D eigenvalue weighted by atomic mass is 32.2. The summed E-state index contributed by atoms with van der Waals surface area (Å²) in [5.74, 6) is 0. The average molecular weight is 433 g/mol. The van der Waals surface area contributed by atoms with Gasteiger partial charge < -0.3 is 5.32 Å². The van der Waals surface area contributed by atoms with Crippen molar-refractivity contribution in [3.63, 3.8) is 0 Å². The van der Waals surface area contributed by atoms with Gasteiger partial charge in [-0.15, -0.1) is 0 Å². The standard InChI is InChI=1S/C19H21N5O3S2/c1-13-17(29(26,27)23(2)3)28-19(21-13)24(4)18(25)22-16-9-7-14(8-10-16)15-6-5-11-20-12-15/h5-12H,1-4H3,(H,22,25)/p+1. The number of carbonyl (C=O) groups is 1. The molecule has 2 N–H and O–H groups in total. The number of urea groups is 1. The van der Waals surface area contributed by atoms with Gasteiger partial charge in [-0.1, -0.05) is 23.5 Å². The summed E-state index contributed by atoms with van der Waals surface area (Å²) in [6, 6.07) is 10.9. The molecule has 0 bridgehead atoms. The van der Waals surface area contributed by atoms with Gasteiger partial charge in [0.25, 0.3) is 10.0 Å². The zero-order valence-corrected chi connectivity index (χ0v) is 18.1. The highest BCUT2D eigenvalue weighted by molar-refractivity contribution is 7.91. The van der Waals surface area contributed by atoms with E-state index in [1.807, 2.05) is 48.8 Å². The van der Waals surface area contributed by atoms with Crippen LogP contribution in [-0.4, -0.2) is 44.9 Å². The number of aromatic nitrogens is 2. The van der Waals surface area contributed by atoms with Crippen LogP contribution < -0.4 is 15.2 Å². The van der Waals surface area contributed by atoms with Gasteiger partial charge in [-0.05, 0) is 30.7 Å². The molecule has 1 aromatic carbocycles. The molecule has 0 spiro atoms. The van der Waals surface area contributed by atoms with Crippen LogP contribution in [0.25, 0.3) is 11.1 Å². The second-order valence-corrected chi connectivity index (χ2v) is 9.84. The van der Waals surface area contributed by atoms with Crippen LogP contribution in [0, 0.1) is 6.92 Å². The Kier molecular flexibility index (Phi) is 5.96. The number of anilines is 2. The predicted octanol–water partition coefficient (Wildman–Crippen LogP) is 2.85. The molecule has 29 heavy (non-hydrogen) atoms. The van der Waals surface area contributed by atoms with Gasteiger partial charge >= 0.3 is 6.03 Å². The van der Waals surface area contributed by atoms with Crippen molar-refractivity contribution in [2.45, 2.75) is 11.1 Å². The van der Waals surface area contributed by atoms with Crippen LogP contribution in [-0.2, 0) is 10.0 Å². The van der Waals surface area contributed by atoms with Gasteiger partial charge in [0, 0.05) is 38.5 Å². The Balaban J connectivity index is 1.74. The summed E-state index contributed by atoms with van der Waals surface area (Å²) in [7, 11) is 0.862. The van der Waals surface area contributed by atoms with Crippen LogP contribution in [0.2, 0.25) is 0 Å². The molecule has 0 fully saturated rings. The van der Waals surface area contributed by atoms with E-state index in [2.05, 4.69) is 15.3 Å². The molecule has 152 valence electrons. The van der Waals surface area contributed by atoms with Gasteiger partial charge in [0.05, 0.1) is 5.69 Å². The van der Waals surface area contributed by atoms with E-state index in [9.17, 15) is 13.2 Å².